The second kappa shape index (κ2) is 6.55. The van der Waals surface area contributed by atoms with Crippen molar-refractivity contribution in [2.24, 2.45) is 0 Å². The summed E-state index contributed by atoms with van der Waals surface area (Å²) < 4.78 is 0. The average molecular weight is 246 g/mol. The molecular weight excluding hydrogens is 224 g/mol. The molecule has 0 bridgehead atoms. The Morgan fingerprint density at radius 3 is 2.67 bits per heavy atom. The molecule has 1 amide bonds. The molecule has 0 saturated carbocycles. The van der Waals surface area contributed by atoms with Gasteiger partial charge in [0.15, 0.2) is 0 Å². The average Bonchev–Trinajstić information content (AvgIpc) is 2.90. The molecular formula is C15H22N2O. The first kappa shape index (κ1) is 13.1. The van der Waals surface area contributed by atoms with E-state index in [1.807, 2.05) is 0 Å². The van der Waals surface area contributed by atoms with Crippen molar-refractivity contribution < 1.29 is 4.79 Å². The molecule has 3 heteroatoms. The molecule has 3 nitrogen and oxygen atoms in total. The number of hydrogen-bond acceptors (Lipinski definition) is 2. The standard InChI is InChI=1S/C15H22N2O/c1-2-12-3-5-13(6-4-12)7-8-15(18)17-14-9-10-16-11-14/h3-6,14,16H,2,7-11H2,1H3,(H,17,18). The summed E-state index contributed by atoms with van der Waals surface area (Å²) in [5, 5.41) is 6.32. The minimum atomic E-state index is 0.170. The van der Waals surface area contributed by atoms with Crippen LogP contribution in [-0.4, -0.2) is 25.0 Å². The van der Waals surface area contributed by atoms with Gasteiger partial charge in [0.2, 0.25) is 5.91 Å². The number of benzene rings is 1. The number of nitrogens with one attached hydrogen (secondary N) is 2. The van der Waals surface area contributed by atoms with Gasteiger partial charge in [-0.3, -0.25) is 4.79 Å². The molecule has 0 aliphatic carbocycles. The minimum Gasteiger partial charge on any atom is -0.352 e. The van der Waals surface area contributed by atoms with Crippen LogP contribution in [0.15, 0.2) is 24.3 Å². The van der Waals surface area contributed by atoms with Crippen LogP contribution >= 0.6 is 0 Å². The molecule has 1 fully saturated rings. The number of rotatable bonds is 5. The monoisotopic (exact) mass is 246 g/mol. The summed E-state index contributed by atoms with van der Waals surface area (Å²) in [6.07, 6.45) is 3.53. The third-order valence-corrected chi connectivity index (χ3v) is 3.50. The maximum absolute atomic E-state index is 11.8. The Morgan fingerprint density at radius 2 is 2.06 bits per heavy atom. The first-order valence-electron chi connectivity index (χ1n) is 6.86. The molecule has 1 saturated heterocycles. The largest absolute Gasteiger partial charge is 0.352 e. The number of amides is 1. The van der Waals surface area contributed by atoms with Gasteiger partial charge in [0.25, 0.3) is 0 Å². The van der Waals surface area contributed by atoms with Crippen LogP contribution in [0, 0.1) is 0 Å². The first-order chi connectivity index (χ1) is 8.78. The second-order valence-corrected chi connectivity index (χ2v) is 4.93. The molecule has 1 aliphatic rings. The van der Waals surface area contributed by atoms with Gasteiger partial charge in [-0.05, 0) is 36.9 Å². The molecule has 98 valence electrons. The van der Waals surface area contributed by atoms with Crippen LogP contribution in [0.3, 0.4) is 0 Å². The highest BCUT2D eigenvalue weighted by Gasteiger charge is 2.16. The van der Waals surface area contributed by atoms with Crippen LogP contribution < -0.4 is 10.6 Å². The Hall–Kier alpha value is -1.35. The normalized spacial score (nSPS) is 18.8. The van der Waals surface area contributed by atoms with Crippen LogP contribution in [0.1, 0.15) is 30.9 Å². The maximum Gasteiger partial charge on any atom is 0.220 e. The van der Waals surface area contributed by atoms with Crippen molar-refractivity contribution in [2.45, 2.75) is 38.6 Å². The fraction of sp³-hybridized carbons (Fsp3) is 0.533. The lowest BCUT2D eigenvalue weighted by Gasteiger charge is -2.11. The van der Waals surface area contributed by atoms with E-state index in [2.05, 4.69) is 41.8 Å². The van der Waals surface area contributed by atoms with Crippen molar-refractivity contribution in [3.63, 3.8) is 0 Å². The fourth-order valence-corrected chi connectivity index (χ4v) is 2.28. The van der Waals surface area contributed by atoms with Crippen molar-refractivity contribution in [3.8, 4) is 0 Å². The molecule has 0 radical (unpaired) electrons. The molecule has 0 aromatic heterocycles. The molecule has 1 heterocycles. The van der Waals surface area contributed by atoms with Gasteiger partial charge in [-0.15, -0.1) is 0 Å². The van der Waals surface area contributed by atoms with Gasteiger partial charge in [0.05, 0.1) is 0 Å². The molecule has 1 aliphatic heterocycles. The van der Waals surface area contributed by atoms with Gasteiger partial charge < -0.3 is 10.6 Å². The highest BCUT2D eigenvalue weighted by Crippen LogP contribution is 2.07. The van der Waals surface area contributed by atoms with E-state index in [9.17, 15) is 4.79 Å². The summed E-state index contributed by atoms with van der Waals surface area (Å²) >= 11 is 0. The number of carbonyl (C=O) groups is 1. The van der Waals surface area contributed by atoms with Gasteiger partial charge in [0, 0.05) is 19.0 Å². The summed E-state index contributed by atoms with van der Waals surface area (Å²) in [6.45, 7) is 4.08. The molecule has 18 heavy (non-hydrogen) atoms. The highest BCUT2D eigenvalue weighted by molar-refractivity contribution is 5.76. The molecule has 2 N–H and O–H groups in total. The Morgan fingerprint density at radius 1 is 1.33 bits per heavy atom. The topological polar surface area (TPSA) is 41.1 Å². The third kappa shape index (κ3) is 3.84. The van der Waals surface area contributed by atoms with E-state index < -0.39 is 0 Å². The third-order valence-electron chi connectivity index (χ3n) is 3.50. The number of carbonyl (C=O) groups excluding carboxylic acids is 1. The van der Waals surface area contributed by atoms with Crippen molar-refractivity contribution in [1.29, 1.82) is 0 Å². The fourth-order valence-electron chi connectivity index (χ4n) is 2.28. The van der Waals surface area contributed by atoms with Crippen LogP contribution in [-0.2, 0) is 17.6 Å². The lowest BCUT2D eigenvalue weighted by atomic mass is 10.1. The van der Waals surface area contributed by atoms with Crippen LogP contribution in [0.25, 0.3) is 0 Å². The first-order valence-corrected chi connectivity index (χ1v) is 6.86. The molecule has 1 aromatic rings. The summed E-state index contributed by atoms with van der Waals surface area (Å²) in [5.74, 6) is 0.170. The predicted octanol–water partition coefficient (Wildman–Crippen LogP) is 1.66. The van der Waals surface area contributed by atoms with E-state index in [-0.39, 0.29) is 5.91 Å². The van der Waals surface area contributed by atoms with Gasteiger partial charge in [-0.1, -0.05) is 31.2 Å². The number of aryl methyl sites for hydroxylation is 2. The van der Waals surface area contributed by atoms with Crippen LogP contribution in [0.5, 0.6) is 0 Å². The number of hydrogen-bond donors (Lipinski definition) is 2. The SMILES string of the molecule is CCc1ccc(CCC(=O)NC2CCNC2)cc1. The Bertz CT molecular complexity index is 380. The lowest BCUT2D eigenvalue weighted by molar-refractivity contribution is -0.121. The predicted molar refractivity (Wildman–Crippen MR) is 73.6 cm³/mol. The Kier molecular flexibility index (Phi) is 4.76. The van der Waals surface area contributed by atoms with E-state index in [4.69, 9.17) is 0 Å². The smallest absolute Gasteiger partial charge is 0.220 e. The maximum atomic E-state index is 11.8. The summed E-state index contributed by atoms with van der Waals surface area (Å²) in [4.78, 5) is 11.8. The van der Waals surface area contributed by atoms with Gasteiger partial charge >= 0.3 is 0 Å². The second-order valence-electron chi connectivity index (χ2n) is 4.93. The van der Waals surface area contributed by atoms with Gasteiger partial charge in [0.1, 0.15) is 0 Å². The lowest BCUT2D eigenvalue weighted by Crippen LogP contribution is -2.36. The molecule has 1 aromatic carbocycles. The van der Waals surface area contributed by atoms with E-state index in [0.717, 1.165) is 32.4 Å². The highest BCUT2D eigenvalue weighted by atomic mass is 16.1. The molecule has 2 rings (SSSR count). The van der Waals surface area contributed by atoms with E-state index in [1.54, 1.807) is 0 Å². The molecule has 1 atom stereocenters. The van der Waals surface area contributed by atoms with Gasteiger partial charge in [-0.2, -0.15) is 0 Å². The summed E-state index contributed by atoms with van der Waals surface area (Å²) in [6, 6.07) is 8.88. The van der Waals surface area contributed by atoms with E-state index in [1.165, 1.54) is 11.1 Å². The quantitative estimate of drug-likeness (QED) is 0.829. The van der Waals surface area contributed by atoms with Crippen molar-refractivity contribution in [2.75, 3.05) is 13.1 Å². The zero-order chi connectivity index (χ0) is 12.8. The summed E-state index contributed by atoms with van der Waals surface area (Å²) in [7, 11) is 0. The van der Waals surface area contributed by atoms with Crippen molar-refractivity contribution >= 4 is 5.91 Å². The zero-order valence-electron chi connectivity index (χ0n) is 11.0. The van der Waals surface area contributed by atoms with E-state index in [0.29, 0.717) is 12.5 Å². The Labute approximate surface area is 109 Å². The zero-order valence-corrected chi connectivity index (χ0v) is 11.0. The van der Waals surface area contributed by atoms with Crippen molar-refractivity contribution in [3.05, 3.63) is 35.4 Å². The Balaban J connectivity index is 1.74. The molecule has 1 unspecified atom stereocenters. The van der Waals surface area contributed by atoms with E-state index >= 15 is 0 Å². The van der Waals surface area contributed by atoms with Gasteiger partial charge in [-0.25, -0.2) is 0 Å². The van der Waals surface area contributed by atoms with Crippen molar-refractivity contribution in [1.82, 2.24) is 10.6 Å². The van der Waals surface area contributed by atoms with Crippen LogP contribution in [0.4, 0.5) is 0 Å². The molecule has 0 spiro atoms. The minimum absolute atomic E-state index is 0.170. The summed E-state index contributed by atoms with van der Waals surface area (Å²) in [5.41, 5.74) is 2.59. The van der Waals surface area contributed by atoms with Crippen LogP contribution in [0.2, 0.25) is 0 Å².